The molecule has 1 aromatic heterocycles. The third kappa shape index (κ3) is 1.90. The van der Waals surface area contributed by atoms with Gasteiger partial charge in [0.1, 0.15) is 11.4 Å². The molecule has 0 bridgehead atoms. The van der Waals surface area contributed by atoms with Crippen LogP contribution >= 0.6 is 11.6 Å². The highest BCUT2D eigenvalue weighted by atomic mass is 35.5. The first-order valence-corrected chi connectivity index (χ1v) is 3.75. The molecule has 76 valence electrons. The molecule has 0 amide bonds. The first-order valence-electron chi connectivity index (χ1n) is 3.37. The van der Waals surface area contributed by atoms with Gasteiger partial charge in [0.05, 0.1) is 5.56 Å². The Hall–Kier alpha value is -1.43. The largest absolute Gasteiger partial charge is 0.506 e. The van der Waals surface area contributed by atoms with Crippen molar-refractivity contribution >= 4 is 16.8 Å². The number of halogens is 3. The van der Waals surface area contributed by atoms with E-state index in [9.17, 15) is 18.4 Å². The van der Waals surface area contributed by atoms with Crippen LogP contribution in [0.1, 0.15) is 22.5 Å². The number of H-pyrrole nitrogens is 1. The number of carbonyl (C=O) groups is 1. The summed E-state index contributed by atoms with van der Waals surface area (Å²) in [7, 11) is 0. The minimum atomic E-state index is -3.02. The second-order valence-electron chi connectivity index (χ2n) is 2.39. The Balaban J connectivity index is 3.39. The number of alkyl halides is 2. The smallest absolute Gasteiger partial charge is 0.272 e. The van der Waals surface area contributed by atoms with E-state index in [4.69, 9.17) is 16.7 Å². The molecule has 4 nitrogen and oxygen atoms in total. The van der Waals surface area contributed by atoms with Crippen LogP contribution in [0.3, 0.4) is 0 Å². The Kier molecular flexibility index (Phi) is 2.85. The van der Waals surface area contributed by atoms with Gasteiger partial charge in [0.2, 0.25) is 0 Å². The van der Waals surface area contributed by atoms with Gasteiger partial charge in [0.25, 0.3) is 17.2 Å². The fourth-order valence-corrected chi connectivity index (χ4v) is 0.991. The van der Waals surface area contributed by atoms with Crippen LogP contribution in [0.2, 0.25) is 0 Å². The summed E-state index contributed by atoms with van der Waals surface area (Å²) in [6.07, 6.45) is -3.02. The SMILES string of the molecule is O=C(Cl)c1[nH]c(=O)c(C(F)F)cc1O. The van der Waals surface area contributed by atoms with Gasteiger partial charge in [-0.3, -0.25) is 9.59 Å². The maximum absolute atomic E-state index is 12.1. The molecule has 0 radical (unpaired) electrons. The lowest BCUT2D eigenvalue weighted by atomic mass is 10.2. The van der Waals surface area contributed by atoms with Crippen molar-refractivity contribution in [1.29, 1.82) is 0 Å². The molecule has 1 heterocycles. The standard InChI is InChI=1S/C7H4ClF2NO3/c8-5(13)4-3(12)1-2(6(9)10)7(14)11-4/h1,6,12H,(H,11,14). The molecule has 0 aliphatic carbocycles. The zero-order chi connectivity index (χ0) is 10.9. The Bertz CT molecular complexity index is 429. The summed E-state index contributed by atoms with van der Waals surface area (Å²) in [4.78, 5) is 23.2. The van der Waals surface area contributed by atoms with Crippen molar-refractivity contribution in [2.75, 3.05) is 0 Å². The molecule has 0 saturated carbocycles. The molecule has 0 atom stereocenters. The number of aromatic hydroxyl groups is 1. The van der Waals surface area contributed by atoms with Crippen molar-refractivity contribution in [3.63, 3.8) is 0 Å². The predicted molar refractivity (Wildman–Crippen MR) is 43.9 cm³/mol. The van der Waals surface area contributed by atoms with Crippen molar-refractivity contribution < 1.29 is 18.7 Å². The Morgan fingerprint density at radius 2 is 2.14 bits per heavy atom. The molecule has 0 aliphatic heterocycles. The van der Waals surface area contributed by atoms with E-state index in [1.165, 1.54) is 0 Å². The number of nitrogens with one attached hydrogen (secondary N) is 1. The van der Waals surface area contributed by atoms with Crippen LogP contribution < -0.4 is 5.56 Å². The van der Waals surface area contributed by atoms with Crippen molar-refractivity contribution in [2.45, 2.75) is 6.43 Å². The number of carbonyl (C=O) groups excluding carboxylic acids is 1. The summed E-state index contributed by atoms with van der Waals surface area (Å²) in [5, 5.41) is 7.90. The molecule has 1 rings (SSSR count). The minimum Gasteiger partial charge on any atom is -0.506 e. The lowest BCUT2D eigenvalue weighted by Gasteiger charge is -2.02. The number of hydrogen-bond acceptors (Lipinski definition) is 3. The van der Waals surface area contributed by atoms with Gasteiger partial charge in [-0.15, -0.1) is 0 Å². The highest BCUT2D eigenvalue weighted by Gasteiger charge is 2.18. The van der Waals surface area contributed by atoms with E-state index >= 15 is 0 Å². The van der Waals surface area contributed by atoms with Gasteiger partial charge in [0, 0.05) is 0 Å². The Morgan fingerprint density at radius 3 is 2.57 bits per heavy atom. The zero-order valence-electron chi connectivity index (χ0n) is 6.55. The van der Waals surface area contributed by atoms with Crippen molar-refractivity contribution in [2.24, 2.45) is 0 Å². The summed E-state index contributed by atoms with van der Waals surface area (Å²) >= 11 is 4.96. The van der Waals surface area contributed by atoms with Crippen molar-refractivity contribution in [1.82, 2.24) is 4.98 Å². The van der Waals surface area contributed by atoms with E-state index in [0.29, 0.717) is 6.07 Å². The Morgan fingerprint density at radius 1 is 1.57 bits per heavy atom. The van der Waals surface area contributed by atoms with Crippen molar-refractivity contribution in [3.05, 3.63) is 27.7 Å². The second-order valence-corrected chi connectivity index (χ2v) is 2.73. The average Bonchev–Trinajstić information content (AvgIpc) is 2.07. The molecular formula is C7H4ClF2NO3. The maximum atomic E-state index is 12.1. The third-order valence-electron chi connectivity index (χ3n) is 1.48. The number of pyridine rings is 1. The molecular weight excluding hydrogens is 220 g/mol. The molecule has 7 heteroatoms. The van der Waals surface area contributed by atoms with E-state index in [2.05, 4.69) is 0 Å². The first-order chi connectivity index (χ1) is 6.43. The summed E-state index contributed by atoms with van der Waals surface area (Å²) < 4.78 is 24.2. The minimum absolute atomic E-state index is 0.513. The predicted octanol–water partition coefficient (Wildman–Crippen LogP) is 1.40. The molecule has 0 aromatic carbocycles. The normalized spacial score (nSPS) is 10.6. The lowest BCUT2D eigenvalue weighted by Crippen LogP contribution is -2.16. The highest BCUT2D eigenvalue weighted by Crippen LogP contribution is 2.21. The molecule has 0 fully saturated rings. The van der Waals surface area contributed by atoms with Crippen LogP contribution in [-0.2, 0) is 0 Å². The number of aromatic nitrogens is 1. The topological polar surface area (TPSA) is 70.2 Å². The summed E-state index contributed by atoms with van der Waals surface area (Å²) in [6, 6.07) is 0.513. The molecule has 0 saturated heterocycles. The van der Waals surface area contributed by atoms with E-state index in [1.54, 1.807) is 4.98 Å². The monoisotopic (exact) mass is 223 g/mol. The van der Waals surface area contributed by atoms with Gasteiger partial charge >= 0.3 is 0 Å². The zero-order valence-corrected chi connectivity index (χ0v) is 7.31. The van der Waals surface area contributed by atoms with Gasteiger partial charge in [-0.1, -0.05) is 0 Å². The Labute approximate surface area is 81.1 Å². The third-order valence-corrected chi connectivity index (χ3v) is 1.67. The molecule has 0 aliphatic rings. The average molecular weight is 224 g/mol. The van der Waals surface area contributed by atoms with Gasteiger partial charge < -0.3 is 10.1 Å². The highest BCUT2D eigenvalue weighted by molar-refractivity contribution is 6.67. The summed E-state index contributed by atoms with van der Waals surface area (Å²) in [5.74, 6) is -0.778. The van der Waals surface area contributed by atoms with Gasteiger partial charge in [-0.25, -0.2) is 8.78 Å². The van der Waals surface area contributed by atoms with Crippen LogP contribution in [0.4, 0.5) is 8.78 Å². The van der Waals surface area contributed by atoms with Gasteiger partial charge in [-0.2, -0.15) is 0 Å². The maximum Gasteiger partial charge on any atom is 0.272 e. The fourth-order valence-electron chi connectivity index (χ4n) is 0.847. The summed E-state index contributed by atoms with van der Waals surface area (Å²) in [6.45, 7) is 0. The van der Waals surface area contributed by atoms with Crippen LogP contribution in [-0.4, -0.2) is 15.3 Å². The molecule has 0 spiro atoms. The fraction of sp³-hybridized carbons (Fsp3) is 0.143. The van der Waals surface area contributed by atoms with Crippen molar-refractivity contribution in [3.8, 4) is 5.75 Å². The van der Waals surface area contributed by atoms with E-state index in [0.717, 1.165) is 0 Å². The van der Waals surface area contributed by atoms with Crippen LogP contribution in [0, 0.1) is 0 Å². The van der Waals surface area contributed by atoms with Crippen LogP contribution in [0.5, 0.6) is 5.75 Å². The van der Waals surface area contributed by atoms with Crippen LogP contribution in [0.15, 0.2) is 10.9 Å². The summed E-state index contributed by atoms with van der Waals surface area (Å²) in [5.41, 5.74) is -2.66. The number of rotatable bonds is 2. The first kappa shape index (κ1) is 10.6. The van der Waals surface area contributed by atoms with E-state index in [-0.39, 0.29) is 0 Å². The number of aromatic amines is 1. The number of hydrogen-bond donors (Lipinski definition) is 2. The van der Waals surface area contributed by atoms with E-state index < -0.39 is 34.2 Å². The molecule has 0 unspecified atom stereocenters. The van der Waals surface area contributed by atoms with Gasteiger partial charge in [0.15, 0.2) is 0 Å². The molecule has 14 heavy (non-hydrogen) atoms. The molecule has 1 aromatic rings. The van der Waals surface area contributed by atoms with Crippen LogP contribution in [0.25, 0.3) is 0 Å². The second kappa shape index (κ2) is 3.75. The van der Waals surface area contributed by atoms with Gasteiger partial charge in [-0.05, 0) is 17.7 Å². The quantitative estimate of drug-likeness (QED) is 0.745. The molecule has 2 N–H and O–H groups in total. The van der Waals surface area contributed by atoms with E-state index in [1.807, 2.05) is 0 Å². The lowest BCUT2D eigenvalue weighted by molar-refractivity contribution is 0.107.